The Morgan fingerprint density at radius 1 is 1.24 bits per heavy atom. The summed E-state index contributed by atoms with van der Waals surface area (Å²) < 4.78 is 7.97. The first-order valence-electron chi connectivity index (χ1n) is 10.5. The molecule has 0 radical (unpaired) electrons. The number of carboxylic acids is 1. The summed E-state index contributed by atoms with van der Waals surface area (Å²) in [4.78, 5) is 16.3. The molecule has 2 aliphatic rings. The van der Waals surface area contributed by atoms with E-state index >= 15 is 0 Å². The number of carbonyl (C=O) groups is 1. The van der Waals surface area contributed by atoms with Crippen molar-refractivity contribution in [3.63, 3.8) is 0 Å². The monoisotopic (exact) mass is 400 g/mol. The second kappa shape index (κ2) is 8.49. The summed E-state index contributed by atoms with van der Waals surface area (Å²) in [5.41, 5.74) is 3.22. The zero-order valence-electron chi connectivity index (χ0n) is 16.8. The molecule has 0 spiro atoms. The fraction of sp³-hybridized carbons (Fsp3) is 0.619. The highest BCUT2D eigenvalue weighted by Crippen LogP contribution is 2.41. The maximum absolute atomic E-state index is 11.4. The fourth-order valence-corrected chi connectivity index (χ4v) is 4.29. The molecular formula is C21H28N4O4. The molecule has 0 bridgehead atoms. The molecule has 0 unspecified atom stereocenters. The van der Waals surface area contributed by atoms with Gasteiger partial charge in [-0.15, -0.1) is 5.10 Å². The van der Waals surface area contributed by atoms with Crippen molar-refractivity contribution in [1.29, 1.82) is 0 Å². The topological polar surface area (TPSA) is 110 Å². The number of aryl methyl sites for hydroxylation is 1. The summed E-state index contributed by atoms with van der Waals surface area (Å²) in [6.07, 6.45) is 6.75. The van der Waals surface area contributed by atoms with E-state index in [4.69, 9.17) is 9.72 Å². The Labute approximate surface area is 169 Å². The first kappa shape index (κ1) is 19.8. The van der Waals surface area contributed by atoms with Gasteiger partial charge < -0.3 is 14.9 Å². The Morgan fingerprint density at radius 2 is 2.03 bits per heavy atom. The lowest BCUT2D eigenvalue weighted by Gasteiger charge is -2.31. The molecule has 29 heavy (non-hydrogen) atoms. The van der Waals surface area contributed by atoms with Crippen molar-refractivity contribution >= 4 is 5.97 Å². The van der Waals surface area contributed by atoms with E-state index in [1.54, 1.807) is 4.68 Å². The van der Waals surface area contributed by atoms with Crippen LogP contribution in [0.5, 0.6) is 5.75 Å². The zero-order chi connectivity index (χ0) is 20.4. The number of ether oxygens (including phenoxy) is 1. The van der Waals surface area contributed by atoms with Gasteiger partial charge in [0.1, 0.15) is 11.4 Å². The molecular weight excluding hydrogens is 372 g/mol. The normalized spacial score (nSPS) is 22.3. The molecule has 2 atom stereocenters. The third kappa shape index (κ3) is 4.12. The number of nitrogens with zero attached hydrogens (tertiary/aromatic N) is 4. The maximum atomic E-state index is 11.4. The number of carboxylic acid groups (broad SMARTS) is 1. The Morgan fingerprint density at radius 3 is 2.72 bits per heavy atom. The van der Waals surface area contributed by atoms with Gasteiger partial charge in [0, 0.05) is 26.0 Å². The molecule has 2 aromatic rings. The molecule has 8 nitrogen and oxygen atoms in total. The second-order valence-electron chi connectivity index (χ2n) is 8.13. The smallest absolute Gasteiger partial charge is 0.306 e. The van der Waals surface area contributed by atoms with Crippen LogP contribution in [-0.4, -0.2) is 48.9 Å². The van der Waals surface area contributed by atoms with Crippen LogP contribution in [0.15, 0.2) is 12.1 Å². The molecule has 4 rings (SSSR count). The summed E-state index contributed by atoms with van der Waals surface area (Å²) >= 11 is 0. The molecule has 2 aromatic heterocycles. The van der Waals surface area contributed by atoms with E-state index in [2.05, 4.69) is 10.3 Å². The van der Waals surface area contributed by atoms with E-state index < -0.39 is 5.97 Å². The SMILES string of the molecule is Cn1nnc(-c2ccc(O[C@H]3CCC[C@H](C(=O)O)C3)c(C3CCC3)n2)c1CCO. The molecule has 2 N–H and O–H groups in total. The van der Waals surface area contributed by atoms with Gasteiger partial charge in [-0.3, -0.25) is 9.48 Å². The summed E-state index contributed by atoms with van der Waals surface area (Å²) in [5, 5.41) is 27.1. The molecule has 8 heteroatoms. The molecule has 2 fully saturated rings. The quantitative estimate of drug-likeness (QED) is 0.735. The highest BCUT2D eigenvalue weighted by molar-refractivity contribution is 5.70. The molecule has 2 saturated carbocycles. The summed E-state index contributed by atoms with van der Waals surface area (Å²) in [6, 6.07) is 3.83. The minimum Gasteiger partial charge on any atom is -0.488 e. The van der Waals surface area contributed by atoms with Crippen LogP contribution >= 0.6 is 0 Å². The third-order valence-corrected chi connectivity index (χ3v) is 6.18. The molecule has 0 saturated heterocycles. The van der Waals surface area contributed by atoms with Crippen molar-refractivity contribution in [1.82, 2.24) is 20.0 Å². The maximum Gasteiger partial charge on any atom is 0.306 e. The van der Waals surface area contributed by atoms with E-state index in [1.165, 1.54) is 6.42 Å². The second-order valence-corrected chi connectivity index (χ2v) is 8.13. The molecule has 2 aliphatic carbocycles. The number of aromatic nitrogens is 4. The molecule has 156 valence electrons. The van der Waals surface area contributed by atoms with E-state index in [9.17, 15) is 15.0 Å². The number of rotatable bonds is 7. The Kier molecular flexibility index (Phi) is 5.80. The Hall–Kier alpha value is -2.48. The van der Waals surface area contributed by atoms with Gasteiger partial charge in [0.2, 0.25) is 0 Å². The van der Waals surface area contributed by atoms with Gasteiger partial charge >= 0.3 is 5.97 Å². The number of aliphatic hydroxyl groups is 1. The summed E-state index contributed by atoms with van der Waals surface area (Å²) in [6.45, 7) is 0.0251. The number of aliphatic carboxylic acids is 1. The van der Waals surface area contributed by atoms with Gasteiger partial charge in [-0.1, -0.05) is 11.6 Å². The first-order chi connectivity index (χ1) is 14.1. The molecule has 2 heterocycles. The lowest BCUT2D eigenvalue weighted by molar-refractivity contribution is -0.143. The van der Waals surface area contributed by atoms with E-state index in [0.29, 0.717) is 24.5 Å². The average Bonchev–Trinajstić information content (AvgIpc) is 3.03. The first-order valence-corrected chi connectivity index (χ1v) is 10.5. The summed E-state index contributed by atoms with van der Waals surface area (Å²) in [7, 11) is 1.81. The third-order valence-electron chi connectivity index (χ3n) is 6.18. The Balaban J connectivity index is 1.61. The lowest BCUT2D eigenvalue weighted by Crippen LogP contribution is -2.30. The lowest BCUT2D eigenvalue weighted by atomic mass is 9.82. The van der Waals surface area contributed by atoms with Gasteiger partial charge in [-0.25, -0.2) is 4.98 Å². The zero-order valence-corrected chi connectivity index (χ0v) is 16.8. The molecule has 0 aliphatic heterocycles. The standard InChI is InChI=1S/C21H28N4O4/c1-25-17(10-11-26)20(23-24-25)16-8-9-18(19(22-16)13-4-2-5-13)29-15-7-3-6-14(12-15)21(27)28/h8-9,13-15,26H,2-7,10-12H2,1H3,(H,27,28)/t14-,15-/m0/s1. The predicted octanol–water partition coefficient (Wildman–Crippen LogP) is 2.70. The van der Waals surface area contributed by atoms with Crippen molar-refractivity contribution in [2.24, 2.45) is 13.0 Å². The van der Waals surface area contributed by atoms with Crippen LogP contribution in [0.25, 0.3) is 11.4 Å². The molecule has 0 amide bonds. The highest BCUT2D eigenvalue weighted by Gasteiger charge is 2.31. The minimum atomic E-state index is -0.731. The van der Waals surface area contributed by atoms with Crippen molar-refractivity contribution in [2.45, 2.75) is 63.4 Å². The number of hydrogen-bond donors (Lipinski definition) is 2. The largest absolute Gasteiger partial charge is 0.488 e. The number of pyridine rings is 1. The van der Waals surface area contributed by atoms with Gasteiger partial charge in [0.05, 0.1) is 29.1 Å². The fourth-order valence-electron chi connectivity index (χ4n) is 4.29. The highest BCUT2D eigenvalue weighted by atomic mass is 16.5. The summed E-state index contributed by atoms with van der Waals surface area (Å²) in [5.74, 6) is 0.0719. The van der Waals surface area contributed by atoms with Crippen LogP contribution < -0.4 is 4.74 Å². The van der Waals surface area contributed by atoms with Crippen molar-refractivity contribution in [3.8, 4) is 17.1 Å². The minimum absolute atomic E-state index is 0.0251. The van der Waals surface area contributed by atoms with Crippen molar-refractivity contribution in [3.05, 3.63) is 23.5 Å². The predicted molar refractivity (Wildman–Crippen MR) is 106 cm³/mol. The van der Waals surface area contributed by atoms with Crippen LogP contribution in [0.4, 0.5) is 0 Å². The van der Waals surface area contributed by atoms with Crippen LogP contribution in [0.1, 0.15) is 62.3 Å². The van der Waals surface area contributed by atoms with Crippen LogP contribution in [0.3, 0.4) is 0 Å². The van der Waals surface area contributed by atoms with E-state index in [1.807, 2.05) is 19.2 Å². The van der Waals surface area contributed by atoms with Gasteiger partial charge in [-0.05, 0) is 50.7 Å². The van der Waals surface area contributed by atoms with Crippen molar-refractivity contribution < 1.29 is 19.7 Å². The number of hydrogen-bond acceptors (Lipinski definition) is 6. The molecule has 0 aromatic carbocycles. The van der Waals surface area contributed by atoms with E-state index in [0.717, 1.165) is 54.9 Å². The van der Waals surface area contributed by atoms with E-state index in [-0.39, 0.29) is 18.6 Å². The van der Waals surface area contributed by atoms with Crippen LogP contribution in [0, 0.1) is 5.92 Å². The Bertz CT molecular complexity index is 878. The van der Waals surface area contributed by atoms with Crippen LogP contribution in [-0.2, 0) is 18.3 Å². The average molecular weight is 400 g/mol. The van der Waals surface area contributed by atoms with Gasteiger partial charge in [0.15, 0.2) is 0 Å². The van der Waals surface area contributed by atoms with Crippen LogP contribution in [0.2, 0.25) is 0 Å². The van der Waals surface area contributed by atoms with Gasteiger partial charge in [-0.2, -0.15) is 0 Å². The van der Waals surface area contributed by atoms with Crippen molar-refractivity contribution in [2.75, 3.05) is 6.61 Å². The number of aliphatic hydroxyl groups excluding tert-OH is 1. The van der Waals surface area contributed by atoms with Gasteiger partial charge in [0.25, 0.3) is 0 Å².